The minimum atomic E-state index is -0.389. The van der Waals surface area contributed by atoms with Crippen LogP contribution in [0.5, 0.6) is 0 Å². The second kappa shape index (κ2) is 6.50. The van der Waals surface area contributed by atoms with Crippen molar-refractivity contribution in [2.75, 3.05) is 11.4 Å². The lowest BCUT2D eigenvalue weighted by Crippen LogP contribution is -2.39. The fraction of sp³-hybridized carbons (Fsp3) is 0.533. The van der Waals surface area contributed by atoms with E-state index >= 15 is 0 Å². The second-order valence-electron chi connectivity index (χ2n) is 5.25. The summed E-state index contributed by atoms with van der Waals surface area (Å²) in [5, 5.41) is 11.3. The molecule has 1 aromatic rings. The molecule has 20 heavy (non-hydrogen) atoms. The molecule has 2 rings (SSSR count). The number of benzene rings is 1. The largest absolute Gasteiger partial charge is 0.363 e. The van der Waals surface area contributed by atoms with E-state index in [1.165, 1.54) is 12.5 Å². The van der Waals surface area contributed by atoms with E-state index in [0.717, 1.165) is 32.2 Å². The molecule has 0 saturated carbocycles. The molecule has 0 radical (unpaired) electrons. The smallest absolute Gasteiger partial charge is 0.293 e. The monoisotopic (exact) mass is 276 g/mol. The molecule has 1 atom stereocenters. The maximum Gasteiger partial charge on any atom is 0.293 e. The molecule has 5 nitrogen and oxygen atoms in total. The fourth-order valence-corrected chi connectivity index (χ4v) is 2.95. The first-order chi connectivity index (χ1) is 9.67. The van der Waals surface area contributed by atoms with Crippen molar-refractivity contribution in [3.8, 4) is 0 Å². The highest BCUT2D eigenvalue weighted by Crippen LogP contribution is 2.34. The highest BCUT2D eigenvalue weighted by atomic mass is 16.6. The van der Waals surface area contributed by atoms with Crippen LogP contribution < -0.4 is 4.90 Å². The van der Waals surface area contributed by atoms with E-state index in [1.807, 2.05) is 0 Å². The molecular formula is C15H20N2O3. The van der Waals surface area contributed by atoms with Crippen molar-refractivity contribution in [2.24, 2.45) is 0 Å². The molecule has 0 amide bonds. The van der Waals surface area contributed by atoms with Crippen LogP contribution in [-0.4, -0.2) is 23.8 Å². The first-order valence-corrected chi connectivity index (χ1v) is 7.17. The molecule has 108 valence electrons. The summed E-state index contributed by atoms with van der Waals surface area (Å²) in [6.45, 7) is 2.99. The molecular weight excluding hydrogens is 256 g/mol. The zero-order valence-electron chi connectivity index (χ0n) is 11.7. The third-order valence-corrected chi connectivity index (χ3v) is 3.89. The van der Waals surface area contributed by atoms with E-state index in [2.05, 4.69) is 11.8 Å². The van der Waals surface area contributed by atoms with Gasteiger partial charge in [0, 0.05) is 24.2 Å². The Morgan fingerprint density at radius 2 is 2.25 bits per heavy atom. The number of carbonyl (C=O) groups is 1. The number of aldehydes is 1. The van der Waals surface area contributed by atoms with Crippen molar-refractivity contribution in [3.05, 3.63) is 33.9 Å². The summed E-state index contributed by atoms with van der Waals surface area (Å²) in [5.41, 5.74) is 1.04. The number of nitro benzene ring substituents is 1. The number of rotatable bonds is 5. The number of hydrogen-bond acceptors (Lipinski definition) is 4. The number of hydrogen-bond donors (Lipinski definition) is 0. The van der Waals surface area contributed by atoms with Gasteiger partial charge in [0.2, 0.25) is 0 Å². The highest BCUT2D eigenvalue weighted by Gasteiger charge is 2.27. The van der Waals surface area contributed by atoms with Crippen LogP contribution in [0, 0.1) is 10.1 Å². The molecule has 1 fully saturated rings. The molecule has 1 aliphatic heterocycles. The van der Waals surface area contributed by atoms with Crippen molar-refractivity contribution >= 4 is 17.7 Å². The number of piperidine rings is 1. The van der Waals surface area contributed by atoms with Crippen LogP contribution in [0.25, 0.3) is 0 Å². The molecule has 1 saturated heterocycles. The average Bonchev–Trinajstić information content (AvgIpc) is 2.47. The van der Waals surface area contributed by atoms with Crippen LogP contribution in [0.15, 0.2) is 18.2 Å². The normalized spacial score (nSPS) is 18.9. The molecule has 0 N–H and O–H groups in total. The maximum absolute atomic E-state index is 11.3. The maximum atomic E-state index is 11.3. The van der Waals surface area contributed by atoms with Gasteiger partial charge in [0.05, 0.1) is 4.92 Å². The van der Waals surface area contributed by atoms with Gasteiger partial charge < -0.3 is 4.90 Å². The van der Waals surface area contributed by atoms with E-state index in [4.69, 9.17) is 0 Å². The molecule has 0 spiro atoms. The summed E-state index contributed by atoms with van der Waals surface area (Å²) < 4.78 is 0. The van der Waals surface area contributed by atoms with Gasteiger partial charge in [0.15, 0.2) is 0 Å². The SMILES string of the molecule is CCCC1CCCCN1c1ccc(C=O)cc1[N+](=O)[O-]. The lowest BCUT2D eigenvalue weighted by atomic mass is 9.97. The number of nitro groups is 1. The third-order valence-electron chi connectivity index (χ3n) is 3.89. The van der Waals surface area contributed by atoms with Gasteiger partial charge in [-0.2, -0.15) is 0 Å². The summed E-state index contributed by atoms with van der Waals surface area (Å²) in [6.07, 6.45) is 6.10. The van der Waals surface area contributed by atoms with E-state index in [9.17, 15) is 14.9 Å². The van der Waals surface area contributed by atoms with Crippen LogP contribution in [-0.2, 0) is 0 Å². The van der Waals surface area contributed by atoms with Crippen LogP contribution >= 0.6 is 0 Å². The molecule has 1 aliphatic rings. The Bertz CT molecular complexity index is 500. The number of anilines is 1. The van der Waals surface area contributed by atoms with E-state index in [1.54, 1.807) is 12.1 Å². The Labute approximate surface area is 118 Å². The van der Waals surface area contributed by atoms with Crippen molar-refractivity contribution in [1.82, 2.24) is 0 Å². The predicted molar refractivity (Wildman–Crippen MR) is 78.4 cm³/mol. The molecule has 1 aromatic carbocycles. The average molecular weight is 276 g/mol. The quantitative estimate of drug-likeness (QED) is 0.468. The molecule has 1 heterocycles. The van der Waals surface area contributed by atoms with Crippen LogP contribution in [0.3, 0.4) is 0 Å². The first-order valence-electron chi connectivity index (χ1n) is 7.17. The van der Waals surface area contributed by atoms with Crippen LogP contribution in [0.4, 0.5) is 11.4 Å². The molecule has 0 aliphatic carbocycles. The molecule has 1 unspecified atom stereocenters. The van der Waals surface area contributed by atoms with Gasteiger partial charge in [-0.05, 0) is 37.8 Å². The minimum absolute atomic E-state index is 0.0394. The van der Waals surface area contributed by atoms with Gasteiger partial charge in [0.1, 0.15) is 12.0 Å². The van der Waals surface area contributed by atoms with Gasteiger partial charge in [0.25, 0.3) is 5.69 Å². The lowest BCUT2D eigenvalue weighted by molar-refractivity contribution is -0.384. The first kappa shape index (κ1) is 14.5. The lowest BCUT2D eigenvalue weighted by Gasteiger charge is -2.37. The van der Waals surface area contributed by atoms with Crippen molar-refractivity contribution in [2.45, 2.75) is 45.1 Å². The Morgan fingerprint density at radius 3 is 2.90 bits per heavy atom. The summed E-state index contributed by atoms with van der Waals surface area (Å²) >= 11 is 0. The summed E-state index contributed by atoms with van der Waals surface area (Å²) in [4.78, 5) is 23.8. The fourth-order valence-electron chi connectivity index (χ4n) is 2.95. The predicted octanol–water partition coefficient (Wildman–Crippen LogP) is 3.57. The standard InChI is InChI=1S/C15H20N2O3/c1-2-5-13-6-3-4-9-16(13)14-8-7-12(11-18)10-15(14)17(19)20/h7-8,10-11,13H,2-6,9H2,1H3. The van der Waals surface area contributed by atoms with E-state index in [0.29, 0.717) is 23.6 Å². The summed E-state index contributed by atoms with van der Waals surface area (Å²) in [5.74, 6) is 0. The van der Waals surface area contributed by atoms with Gasteiger partial charge in [-0.3, -0.25) is 14.9 Å². The third kappa shape index (κ3) is 2.98. The second-order valence-corrected chi connectivity index (χ2v) is 5.25. The highest BCUT2D eigenvalue weighted by molar-refractivity contribution is 5.79. The van der Waals surface area contributed by atoms with Crippen molar-refractivity contribution in [3.63, 3.8) is 0 Å². The van der Waals surface area contributed by atoms with Crippen molar-refractivity contribution in [1.29, 1.82) is 0 Å². The Hall–Kier alpha value is -1.91. The van der Waals surface area contributed by atoms with Crippen LogP contribution in [0.1, 0.15) is 49.4 Å². The van der Waals surface area contributed by atoms with Gasteiger partial charge in [-0.1, -0.05) is 13.3 Å². The molecule has 0 bridgehead atoms. The number of carbonyl (C=O) groups excluding carboxylic acids is 1. The topological polar surface area (TPSA) is 63.5 Å². The number of nitrogens with zero attached hydrogens (tertiary/aromatic N) is 2. The van der Waals surface area contributed by atoms with Gasteiger partial charge in [-0.25, -0.2) is 0 Å². The molecule has 0 aromatic heterocycles. The Kier molecular flexibility index (Phi) is 4.71. The van der Waals surface area contributed by atoms with Gasteiger partial charge in [-0.15, -0.1) is 0 Å². The van der Waals surface area contributed by atoms with E-state index < -0.39 is 0 Å². The van der Waals surface area contributed by atoms with Gasteiger partial charge >= 0.3 is 0 Å². The van der Waals surface area contributed by atoms with Crippen molar-refractivity contribution < 1.29 is 9.72 Å². The van der Waals surface area contributed by atoms with E-state index in [-0.39, 0.29) is 10.6 Å². The van der Waals surface area contributed by atoms with Crippen LogP contribution in [0.2, 0.25) is 0 Å². The summed E-state index contributed by atoms with van der Waals surface area (Å²) in [6, 6.07) is 5.12. The summed E-state index contributed by atoms with van der Waals surface area (Å²) in [7, 11) is 0. The Morgan fingerprint density at radius 1 is 1.45 bits per heavy atom. The zero-order valence-corrected chi connectivity index (χ0v) is 11.7. The Balaban J connectivity index is 2.38. The zero-order chi connectivity index (χ0) is 14.5. The molecule has 5 heteroatoms. The minimum Gasteiger partial charge on any atom is -0.363 e.